The lowest BCUT2D eigenvalue weighted by molar-refractivity contribution is -0.115. The smallest absolute Gasteiger partial charge is 0.263 e. The minimum absolute atomic E-state index is 0.213. The number of halogens is 2. The zero-order chi connectivity index (χ0) is 11.7. The number of hydrogen-bond acceptors (Lipinski definition) is 3. The third-order valence-electron chi connectivity index (χ3n) is 1.88. The Morgan fingerprint density at radius 2 is 2.25 bits per heavy atom. The summed E-state index contributed by atoms with van der Waals surface area (Å²) in [5.74, 6) is -0.545. The van der Waals surface area contributed by atoms with E-state index in [0.29, 0.717) is 13.7 Å². The van der Waals surface area contributed by atoms with Gasteiger partial charge in [-0.05, 0) is 39.7 Å². The number of thiocarbonyl (C=S) groups is 1. The van der Waals surface area contributed by atoms with Crippen LogP contribution in [0.15, 0.2) is 27.6 Å². The van der Waals surface area contributed by atoms with Crippen LogP contribution in [0.25, 0.3) is 6.08 Å². The topological polar surface area (TPSA) is 29.1 Å². The summed E-state index contributed by atoms with van der Waals surface area (Å²) in [6.07, 6.45) is 1.67. The average Bonchev–Trinajstić information content (AvgIpc) is 2.51. The van der Waals surface area contributed by atoms with Crippen LogP contribution in [-0.2, 0) is 4.79 Å². The molecule has 0 atom stereocenters. The first-order valence-corrected chi connectivity index (χ1v) is 6.28. The summed E-state index contributed by atoms with van der Waals surface area (Å²) in [5.41, 5.74) is 0.746. The summed E-state index contributed by atoms with van der Waals surface area (Å²) >= 11 is 9.14. The molecule has 0 saturated carbocycles. The Kier molecular flexibility index (Phi) is 3.41. The number of rotatable bonds is 1. The molecule has 0 aromatic heterocycles. The molecule has 1 heterocycles. The summed E-state index contributed by atoms with van der Waals surface area (Å²) in [6, 6.07) is 4.55. The van der Waals surface area contributed by atoms with Crippen molar-refractivity contribution in [3.63, 3.8) is 0 Å². The molecule has 0 unspecified atom stereocenters. The summed E-state index contributed by atoms with van der Waals surface area (Å²) < 4.78 is 13.8. The zero-order valence-electron chi connectivity index (χ0n) is 7.79. The van der Waals surface area contributed by atoms with Crippen LogP contribution in [0.1, 0.15) is 5.56 Å². The van der Waals surface area contributed by atoms with Crippen molar-refractivity contribution in [1.82, 2.24) is 5.32 Å². The van der Waals surface area contributed by atoms with Crippen molar-refractivity contribution in [2.45, 2.75) is 0 Å². The quantitative estimate of drug-likeness (QED) is 0.637. The second-order valence-electron chi connectivity index (χ2n) is 3.03. The predicted octanol–water partition coefficient (Wildman–Crippen LogP) is 3.08. The van der Waals surface area contributed by atoms with Gasteiger partial charge >= 0.3 is 0 Å². The minimum Gasteiger partial charge on any atom is -0.307 e. The Labute approximate surface area is 109 Å². The Morgan fingerprint density at radius 3 is 2.81 bits per heavy atom. The van der Waals surface area contributed by atoms with Gasteiger partial charge in [0.2, 0.25) is 0 Å². The number of carbonyl (C=O) groups is 1. The van der Waals surface area contributed by atoms with Crippen LogP contribution in [0.5, 0.6) is 0 Å². The lowest BCUT2D eigenvalue weighted by Gasteiger charge is -1.97. The molecule has 0 bridgehead atoms. The molecular formula is C10H5BrFNOS2. The van der Waals surface area contributed by atoms with E-state index in [0.717, 1.165) is 5.56 Å². The van der Waals surface area contributed by atoms with Gasteiger partial charge in [0.25, 0.3) is 5.91 Å². The Hall–Kier alpha value is -0.720. The zero-order valence-corrected chi connectivity index (χ0v) is 11.0. The van der Waals surface area contributed by atoms with Crippen molar-refractivity contribution in [3.05, 3.63) is 39.0 Å². The molecule has 82 valence electrons. The SMILES string of the molecule is O=C1NC(=S)S/C1=C/c1ccc(F)c(Br)c1. The Bertz CT molecular complexity index is 516. The van der Waals surface area contributed by atoms with Gasteiger partial charge in [0.05, 0.1) is 9.38 Å². The fraction of sp³-hybridized carbons (Fsp3) is 0. The van der Waals surface area contributed by atoms with Crippen LogP contribution >= 0.6 is 39.9 Å². The maximum Gasteiger partial charge on any atom is 0.263 e. The number of thioether (sulfide) groups is 1. The van der Waals surface area contributed by atoms with Crippen LogP contribution in [-0.4, -0.2) is 10.2 Å². The molecule has 1 aliphatic heterocycles. The van der Waals surface area contributed by atoms with Gasteiger partial charge in [-0.15, -0.1) is 0 Å². The van der Waals surface area contributed by atoms with Crippen molar-refractivity contribution >= 4 is 56.2 Å². The number of amides is 1. The van der Waals surface area contributed by atoms with Gasteiger partial charge in [-0.3, -0.25) is 4.79 Å². The molecule has 1 amide bonds. The fourth-order valence-electron chi connectivity index (χ4n) is 1.17. The van der Waals surface area contributed by atoms with Crippen LogP contribution < -0.4 is 5.32 Å². The van der Waals surface area contributed by atoms with E-state index >= 15 is 0 Å². The van der Waals surface area contributed by atoms with Crippen molar-refractivity contribution in [2.24, 2.45) is 0 Å². The van der Waals surface area contributed by atoms with E-state index in [4.69, 9.17) is 12.2 Å². The molecule has 1 N–H and O–H groups in total. The number of nitrogens with one attached hydrogen (secondary N) is 1. The van der Waals surface area contributed by atoms with E-state index < -0.39 is 0 Å². The second-order valence-corrected chi connectivity index (χ2v) is 5.60. The molecule has 0 spiro atoms. The Morgan fingerprint density at radius 1 is 1.50 bits per heavy atom. The largest absolute Gasteiger partial charge is 0.307 e. The number of carbonyl (C=O) groups excluding carboxylic acids is 1. The van der Waals surface area contributed by atoms with Gasteiger partial charge in [0.1, 0.15) is 10.1 Å². The molecule has 2 rings (SSSR count). The van der Waals surface area contributed by atoms with Crippen molar-refractivity contribution in [3.8, 4) is 0 Å². The third kappa shape index (κ3) is 2.50. The summed E-state index contributed by atoms with van der Waals surface area (Å²) in [7, 11) is 0. The minimum atomic E-state index is -0.332. The average molecular weight is 318 g/mol. The predicted molar refractivity (Wildman–Crippen MR) is 70.4 cm³/mol. The van der Waals surface area contributed by atoms with Crippen LogP contribution in [0.3, 0.4) is 0 Å². The molecule has 0 radical (unpaired) electrons. The molecule has 2 nitrogen and oxygen atoms in total. The van der Waals surface area contributed by atoms with Crippen molar-refractivity contribution < 1.29 is 9.18 Å². The lowest BCUT2D eigenvalue weighted by Crippen LogP contribution is -2.17. The normalized spacial score (nSPS) is 18.0. The monoisotopic (exact) mass is 317 g/mol. The molecule has 6 heteroatoms. The number of hydrogen-bond donors (Lipinski definition) is 1. The first-order valence-electron chi connectivity index (χ1n) is 4.26. The molecule has 0 aliphatic carbocycles. The van der Waals surface area contributed by atoms with E-state index in [1.807, 2.05) is 0 Å². The highest BCUT2D eigenvalue weighted by atomic mass is 79.9. The van der Waals surface area contributed by atoms with E-state index in [1.54, 1.807) is 18.2 Å². The molecule has 1 aromatic carbocycles. The Balaban J connectivity index is 2.32. The summed E-state index contributed by atoms with van der Waals surface area (Å²) in [5, 5.41) is 2.51. The van der Waals surface area contributed by atoms with E-state index in [2.05, 4.69) is 21.2 Å². The second kappa shape index (κ2) is 4.65. The van der Waals surface area contributed by atoms with E-state index in [-0.39, 0.29) is 11.7 Å². The first kappa shape index (κ1) is 11.8. The van der Waals surface area contributed by atoms with Gasteiger partial charge in [-0.2, -0.15) is 0 Å². The van der Waals surface area contributed by atoms with E-state index in [9.17, 15) is 9.18 Å². The summed E-state index contributed by atoms with van der Waals surface area (Å²) in [4.78, 5) is 11.9. The van der Waals surface area contributed by atoms with Crippen molar-refractivity contribution in [2.75, 3.05) is 0 Å². The van der Waals surface area contributed by atoms with Crippen molar-refractivity contribution in [1.29, 1.82) is 0 Å². The maximum atomic E-state index is 13.0. The molecule has 1 saturated heterocycles. The highest BCUT2D eigenvalue weighted by Crippen LogP contribution is 2.27. The standard InChI is InChI=1S/C10H5BrFNOS2/c11-6-3-5(1-2-7(6)12)4-8-9(14)13-10(15)16-8/h1-4H,(H,13,14,15)/b8-4+. The number of benzene rings is 1. The fourth-order valence-corrected chi connectivity index (χ4v) is 2.62. The molecule has 16 heavy (non-hydrogen) atoms. The van der Waals surface area contributed by atoms with Gasteiger partial charge in [0, 0.05) is 0 Å². The maximum absolute atomic E-state index is 13.0. The highest BCUT2D eigenvalue weighted by molar-refractivity contribution is 9.10. The highest BCUT2D eigenvalue weighted by Gasteiger charge is 2.21. The van der Waals surface area contributed by atoms with Crippen LogP contribution in [0, 0.1) is 5.82 Å². The third-order valence-corrected chi connectivity index (χ3v) is 3.65. The van der Waals surface area contributed by atoms with Gasteiger partial charge < -0.3 is 5.32 Å². The molecular weight excluding hydrogens is 313 g/mol. The molecule has 1 aromatic rings. The first-order chi connectivity index (χ1) is 7.56. The van der Waals surface area contributed by atoms with Crippen LogP contribution in [0.2, 0.25) is 0 Å². The van der Waals surface area contributed by atoms with E-state index in [1.165, 1.54) is 17.8 Å². The van der Waals surface area contributed by atoms with Gasteiger partial charge in [0.15, 0.2) is 0 Å². The lowest BCUT2D eigenvalue weighted by atomic mass is 10.2. The van der Waals surface area contributed by atoms with Gasteiger partial charge in [-0.1, -0.05) is 30.0 Å². The molecule has 1 aliphatic rings. The van der Waals surface area contributed by atoms with Crippen LogP contribution in [0.4, 0.5) is 4.39 Å². The molecule has 1 fully saturated rings. The summed E-state index contributed by atoms with van der Waals surface area (Å²) in [6.45, 7) is 0. The van der Waals surface area contributed by atoms with Gasteiger partial charge in [-0.25, -0.2) is 4.39 Å².